The minimum Gasteiger partial charge on any atom is -0.193 e. The number of nitrogens with zero attached hydrogens (tertiary/aromatic N) is 2. The largest absolute Gasteiger partial charge is 0.193 e. The van der Waals surface area contributed by atoms with Gasteiger partial charge in [-0.3, -0.25) is 0 Å². The van der Waals surface area contributed by atoms with E-state index in [1.807, 2.05) is 34.8 Å². The van der Waals surface area contributed by atoms with Gasteiger partial charge in [-0.1, -0.05) is 0 Å². The quantitative estimate of drug-likeness (QED) is 0.348. The van der Waals surface area contributed by atoms with E-state index >= 15 is 0 Å². The number of hydrogen-bond acceptors (Lipinski definition) is 6. The maximum absolute atomic E-state index is 8.75. The molecule has 0 aromatic carbocycles. The topological polar surface area (TPSA) is 47.6 Å². The van der Waals surface area contributed by atoms with E-state index in [9.17, 15) is 0 Å². The van der Waals surface area contributed by atoms with Crippen molar-refractivity contribution in [3.05, 3.63) is 33.0 Å². The summed E-state index contributed by atoms with van der Waals surface area (Å²) < 4.78 is 8.07. The molecular weight excluding hydrogens is 372 g/mol. The first kappa shape index (κ1) is 15.6. The molecule has 0 saturated heterocycles. The maximum Gasteiger partial charge on any atom is 0.0912 e. The maximum atomic E-state index is 8.75. The average molecular weight is 383 g/mol. The summed E-state index contributed by atoms with van der Waals surface area (Å²) in [5.74, 6) is 0. The van der Waals surface area contributed by atoms with Gasteiger partial charge in [0, 0.05) is 21.9 Å². The summed E-state index contributed by atoms with van der Waals surface area (Å²) >= 11 is 7.25. The van der Waals surface area contributed by atoms with E-state index in [0.29, 0.717) is 0 Å². The molecule has 4 heterocycles. The number of fused-ring (bicyclic) bond motifs is 5. The van der Waals surface area contributed by atoms with Gasteiger partial charge < -0.3 is 0 Å². The van der Waals surface area contributed by atoms with Gasteiger partial charge in [0.25, 0.3) is 0 Å². The molecule has 116 valence electrons. The Bertz CT molecular complexity index is 1140. The fraction of sp³-hybridized carbons (Fsp3) is 0.111. The van der Waals surface area contributed by atoms with Crippen molar-refractivity contribution in [1.29, 1.82) is 10.5 Å². The zero-order valence-corrected chi connectivity index (χ0v) is 16.1. The minimum atomic E-state index is 1.17. The van der Waals surface area contributed by atoms with Gasteiger partial charge in [-0.15, -0.1) is 45.3 Å². The van der Waals surface area contributed by atoms with E-state index in [0.717, 1.165) is 0 Å². The summed E-state index contributed by atoms with van der Waals surface area (Å²) in [5.41, 5.74) is 2.53. The van der Waals surface area contributed by atoms with Crippen LogP contribution in [0.5, 0.6) is 0 Å². The van der Waals surface area contributed by atoms with E-state index in [-0.39, 0.29) is 0 Å². The molecule has 0 unspecified atom stereocenters. The van der Waals surface area contributed by atoms with Gasteiger partial charge in [0.2, 0.25) is 0 Å². The number of thiophene rings is 4. The minimum absolute atomic E-state index is 1.17. The van der Waals surface area contributed by atoms with E-state index in [4.69, 9.17) is 10.5 Å². The number of hydrogen-bond donors (Lipinski definition) is 0. The van der Waals surface area contributed by atoms with Crippen molar-refractivity contribution in [2.24, 2.45) is 0 Å². The van der Waals surface area contributed by atoms with Crippen LogP contribution in [0.15, 0.2) is 12.2 Å². The lowest BCUT2D eigenvalue weighted by molar-refractivity contribution is 1.53. The Morgan fingerprint density at radius 1 is 0.625 bits per heavy atom. The van der Waals surface area contributed by atoms with Crippen LogP contribution >= 0.6 is 45.3 Å². The third-order valence-corrected chi connectivity index (χ3v) is 9.75. The van der Waals surface area contributed by atoms with Gasteiger partial charge in [-0.25, -0.2) is 0 Å². The molecule has 0 amide bonds. The van der Waals surface area contributed by atoms with Crippen LogP contribution in [0.1, 0.15) is 20.9 Å². The highest BCUT2D eigenvalue weighted by Gasteiger charge is 2.20. The Hall–Kier alpha value is -1.96. The van der Waals surface area contributed by atoms with Crippen LogP contribution in [-0.2, 0) is 0 Å². The normalized spacial score (nSPS) is 12.2. The Morgan fingerprint density at radius 2 is 1.00 bits per heavy atom. The summed E-state index contributed by atoms with van der Waals surface area (Å²) in [7, 11) is 0. The first-order valence-electron chi connectivity index (χ1n) is 7.15. The predicted molar refractivity (Wildman–Crippen MR) is 109 cm³/mol. The van der Waals surface area contributed by atoms with Gasteiger partial charge in [-0.05, 0) is 37.1 Å². The summed E-state index contributed by atoms with van der Waals surface area (Å²) in [5, 5.41) is 17.5. The molecule has 6 heteroatoms. The zero-order valence-electron chi connectivity index (χ0n) is 12.8. The van der Waals surface area contributed by atoms with Crippen LogP contribution in [0, 0.1) is 36.5 Å². The third kappa shape index (κ3) is 2.16. The van der Waals surface area contributed by atoms with E-state index < -0.39 is 0 Å². The first-order chi connectivity index (χ1) is 11.7. The summed E-state index contributed by atoms with van der Waals surface area (Å²) in [4.78, 5) is 2.34. The second-order valence-electron chi connectivity index (χ2n) is 5.29. The van der Waals surface area contributed by atoms with E-state index in [1.165, 1.54) is 49.1 Å². The molecule has 0 radical (unpaired) electrons. The molecule has 0 aliphatic rings. The lowest BCUT2D eigenvalue weighted by Gasteiger charge is -1.88. The number of rotatable bonds is 2. The zero-order chi connectivity index (χ0) is 16.8. The van der Waals surface area contributed by atoms with Crippen LogP contribution in [-0.4, -0.2) is 0 Å². The van der Waals surface area contributed by atoms with Crippen molar-refractivity contribution in [1.82, 2.24) is 0 Å². The number of aryl methyl sites for hydroxylation is 2. The highest BCUT2D eigenvalue weighted by atomic mass is 32.1. The van der Waals surface area contributed by atoms with Gasteiger partial charge in [-0.2, -0.15) is 10.5 Å². The molecule has 4 rings (SSSR count). The molecule has 0 aliphatic heterocycles. The molecule has 0 aliphatic carbocycles. The second kappa shape index (κ2) is 5.84. The van der Waals surface area contributed by atoms with Gasteiger partial charge in [0.15, 0.2) is 0 Å². The Kier molecular flexibility index (Phi) is 3.79. The summed E-state index contributed by atoms with van der Waals surface area (Å²) in [6.45, 7) is 4.27. The highest BCUT2D eigenvalue weighted by Crippen LogP contribution is 2.52. The number of nitriles is 2. The lowest BCUT2D eigenvalue weighted by atomic mass is 10.2. The fourth-order valence-corrected chi connectivity index (χ4v) is 8.56. The van der Waals surface area contributed by atoms with Crippen molar-refractivity contribution in [2.45, 2.75) is 13.8 Å². The van der Waals surface area contributed by atoms with Gasteiger partial charge in [0.05, 0.1) is 40.3 Å². The molecule has 2 nitrogen and oxygen atoms in total. The molecule has 4 aromatic rings. The van der Waals surface area contributed by atoms with Gasteiger partial charge >= 0.3 is 0 Å². The molecule has 24 heavy (non-hydrogen) atoms. The fourth-order valence-electron chi connectivity index (χ4n) is 2.71. The van der Waals surface area contributed by atoms with Crippen LogP contribution < -0.4 is 0 Å². The van der Waals surface area contributed by atoms with Crippen molar-refractivity contribution in [2.75, 3.05) is 0 Å². The first-order valence-corrected chi connectivity index (χ1v) is 10.4. The number of allylic oxidation sites excluding steroid dienone is 2. The summed E-state index contributed by atoms with van der Waals surface area (Å²) in [6.07, 6.45) is 6.91. The Labute approximate surface area is 154 Å². The third-order valence-electron chi connectivity index (χ3n) is 3.90. The molecule has 0 N–H and O–H groups in total. The molecule has 0 saturated carbocycles. The smallest absolute Gasteiger partial charge is 0.0912 e. The monoisotopic (exact) mass is 382 g/mol. The van der Waals surface area contributed by atoms with Crippen molar-refractivity contribution in [3.63, 3.8) is 0 Å². The second-order valence-corrected chi connectivity index (χ2v) is 9.43. The van der Waals surface area contributed by atoms with Crippen LogP contribution in [0.4, 0.5) is 0 Å². The molecule has 0 atom stereocenters. The highest BCUT2D eigenvalue weighted by molar-refractivity contribution is 7.44. The van der Waals surface area contributed by atoms with Crippen LogP contribution in [0.3, 0.4) is 0 Å². The van der Waals surface area contributed by atoms with Crippen molar-refractivity contribution >= 4 is 85.7 Å². The molecule has 0 bridgehead atoms. The lowest BCUT2D eigenvalue weighted by Crippen LogP contribution is -1.67. The Balaban J connectivity index is 1.99. The molecule has 0 fully saturated rings. The molecule has 4 aromatic heterocycles. The van der Waals surface area contributed by atoms with E-state index in [1.54, 1.807) is 34.8 Å². The standard InChI is InChI=1S/C18H10N2S4/c1-9-11(5-3-7-19)21-15-13(9)23-18-16-14(24-17(15)18)10(2)12(22-16)6-4-8-20/h3-6H,1-2H3/b5-3+,6-4+. The Morgan fingerprint density at radius 3 is 1.38 bits per heavy atom. The molecule has 0 spiro atoms. The predicted octanol–water partition coefficient (Wildman–Crippen LogP) is 7.08. The SMILES string of the molecule is Cc1c(/C=C/C#N)sc2c1sc1c3sc(/C=C/C#N)c(C)c3sc21. The average Bonchev–Trinajstić information content (AvgIpc) is 3.26. The van der Waals surface area contributed by atoms with Crippen molar-refractivity contribution < 1.29 is 0 Å². The summed E-state index contributed by atoms with van der Waals surface area (Å²) in [6, 6.07) is 4.14. The van der Waals surface area contributed by atoms with Gasteiger partial charge in [0.1, 0.15) is 0 Å². The van der Waals surface area contributed by atoms with E-state index in [2.05, 4.69) is 26.0 Å². The van der Waals surface area contributed by atoms with Crippen LogP contribution in [0.2, 0.25) is 0 Å². The molecular formula is C18H10N2S4. The van der Waals surface area contributed by atoms with Crippen LogP contribution in [0.25, 0.3) is 40.4 Å². The van der Waals surface area contributed by atoms with Crippen molar-refractivity contribution in [3.8, 4) is 12.1 Å².